The van der Waals surface area contributed by atoms with Crippen LogP contribution in [0.4, 0.5) is 0 Å². The van der Waals surface area contributed by atoms with E-state index in [2.05, 4.69) is 15.9 Å². The minimum atomic E-state index is -3.69. The van der Waals surface area contributed by atoms with Crippen LogP contribution in [0.1, 0.15) is 11.1 Å². The lowest BCUT2D eigenvalue weighted by Crippen LogP contribution is -2.36. The first-order chi connectivity index (χ1) is 12.3. The van der Waals surface area contributed by atoms with Gasteiger partial charge in [0.25, 0.3) is 0 Å². The molecule has 1 aromatic heterocycles. The fraction of sp³-hybridized carbons (Fsp3) is 0.278. The van der Waals surface area contributed by atoms with Crippen LogP contribution in [0.15, 0.2) is 50.6 Å². The van der Waals surface area contributed by atoms with E-state index in [-0.39, 0.29) is 10.6 Å². The van der Waals surface area contributed by atoms with Gasteiger partial charge in [0, 0.05) is 31.7 Å². The predicted octanol–water partition coefficient (Wildman–Crippen LogP) is 2.39. The zero-order chi connectivity index (χ0) is 18.6. The molecular formula is C18H18BrN3O3S. The van der Waals surface area contributed by atoms with Gasteiger partial charge in [-0.1, -0.05) is 24.3 Å². The van der Waals surface area contributed by atoms with E-state index in [1.54, 1.807) is 26.2 Å². The Morgan fingerprint density at radius 1 is 1.00 bits per heavy atom. The van der Waals surface area contributed by atoms with Gasteiger partial charge < -0.3 is 0 Å². The highest BCUT2D eigenvalue weighted by Crippen LogP contribution is 2.32. The van der Waals surface area contributed by atoms with Gasteiger partial charge in [0.1, 0.15) is 0 Å². The maximum absolute atomic E-state index is 13.3. The van der Waals surface area contributed by atoms with Crippen LogP contribution in [0, 0.1) is 0 Å². The van der Waals surface area contributed by atoms with Crippen LogP contribution in [-0.4, -0.2) is 28.4 Å². The summed E-state index contributed by atoms with van der Waals surface area (Å²) in [4.78, 5) is 12.3. The summed E-state index contributed by atoms with van der Waals surface area (Å²) >= 11 is 3.39. The second-order valence-corrected chi connectivity index (χ2v) is 9.29. The number of hydrogen-bond acceptors (Lipinski definition) is 3. The van der Waals surface area contributed by atoms with Gasteiger partial charge in [0.05, 0.1) is 15.9 Å². The van der Waals surface area contributed by atoms with Gasteiger partial charge >= 0.3 is 5.69 Å². The first kappa shape index (κ1) is 17.5. The maximum Gasteiger partial charge on any atom is 0.328 e. The fourth-order valence-corrected chi connectivity index (χ4v) is 5.94. The van der Waals surface area contributed by atoms with Crippen molar-refractivity contribution >= 4 is 37.0 Å². The molecule has 136 valence electrons. The molecule has 0 unspecified atom stereocenters. The van der Waals surface area contributed by atoms with E-state index in [0.717, 1.165) is 5.56 Å². The molecule has 0 atom stereocenters. The highest BCUT2D eigenvalue weighted by Gasteiger charge is 2.30. The topological polar surface area (TPSA) is 64.3 Å². The Bertz CT molecular complexity index is 1190. The molecule has 26 heavy (non-hydrogen) atoms. The maximum atomic E-state index is 13.3. The van der Waals surface area contributed by atoms with Gasteiger partial charge in [0.2, 0.25) is 10.0 Å². The minimum absolute atomic E-state index is 0.186. The summed E-state index contributed by atoms with van der Waals surface area (Å²) in [6.07, 6.45) is 0.694. The molecule has 8 heteroatoms. The van der Waals surface area contributed by atoms with Crippen molar-refractivity contribution in [3.63, 3.8) is 0 Å². The molecule has 0 fully saturated rings. The molecule has 0 saturated heterocycles. The lowest BCUT2D eigenvalue weighted by Gasteiger charge is -2.28. The van der Waals surface area contributed by atoms with E-state index in [9.17, 15) is 13.2 Å². The Kier molecular flexibility index (Phi) is 4.09. The Morgan fingerprint density at radius 2 is 1.62 bits per heavy atom. The third-order valence-corrected chi connectivity index (χ3v) is 7.84. The van der Waals surface area contributed by atoms with Crippen LogP contribution < -0.4 is 5.69 Å². The Morgan fingerprint density at radius 3 is 2.31 bits per heavy atom. The molecule has 4 rings (SSSR count). The van der Waals surface area contributed by atoms with Gasteiger partial charge in [-0.25, -0.2) is 13.2 Å². The van der Waals surface area contributed by atoms with E-state index >= 15 is 0 Å². The molecule has 0 saturated carbocycles. The van der Waals surface area contributed by atoms with Crippen molar-refractivity contribution < 1.29 is 8.42 Å². The lowest BCUT2D eigenvalue weighted by molar-refractivity contribution is 0.391. The number of rotatable bonds is 2. The van der Waals surface area contributed by atoms with Crippen LogP contribution in [0.3, 0.4) is 0 Å². The Hall–Kier alpha value is -1.90. The average molecular weight is 436 g/mol. The largest absolute Gasteiger partial charge is 0.328 e. The fourth-order valence-electron chi connectivity index (χ4n) is 3.51. The van der Waals surface area contributed by atoms with E-state index in [1.165, 1.54) is 19.0 Å². The van der Waals surface area contributed by atoms with Crippen molar-refractivity contribution in [3.8, 4) is 0 Å². The monoisotopic (exact) mass is 435 g/mol. The zero-order valence-electron chi connectivity index (χ0n) is 14.4. The van der Waals surface area contributed by atoms with Crippen molar-refractivity contribution in [3.05, 3.63) is 62.5 Å². The summed E-state index contributed by atoms with van der Waals surface area (Å²) in [6.45, 7) is 0.800. The number of nitrogens with zero attached hydrogens (tertiary/aromatic N) is 3. The standard InChI is InChI=1S/C18H18BrN3O3S/c1-20-15-9-14(19)17(10-16(15)21(2)18(20)23)26(24,25)22-8-7-12-5-3-4-6-13(12)11-22/h3-6,9-10H,7-8,11H2,1-2H3. The van der Waals surface area contributed by atoms with Crippen LogP contribution in [-0.2, 0) is 37.1 Å². The second-order valence-electron chi connectivity index (χ2n) is 6.53. The van der Waals surface area contributed by atoms with Gasteiger partial charge in [-0.05, 0) is 45.6 Å². The molecule has 0 bridgehead atoms. The van der Waals surface area contributed by atoms with Gasteiger partial charge in [-0.2, -0.15) is 4.31 Å². The van der Waals surface area contributed by atoms with Crippen LogP contribution >= 0.6 is 15.9 Å². The smallest absolute Gasteiger partial charge is 0.295 e. The van der Waals surface area contributed by atoms with Crippen molar-refractivity contribution in [1.82, 2.24) is 13.4 Å². The van der Waals surface area contributed by atoms with Crippen LogP contribution in [0.5, 0.6) is 0 Å². The van der Waals surface area contributed by atoms with E-state index in [0.29, 0.717) is 35.0 Å². The molecule has 2 heterocycles. The third-order valence-electron chi connectivity index (χ3n) is 5.04. The number of fused-ring (bicyclic) bond motifs is 2. The molecule has 0 radical (unpaired) electrons. The Labute approximate surface area is 159 Å². The number of halogens is 1. The molecule has 0 N–H and O–H groups in total. The molecule has 0 spiro atoms. The highest BCUT2D eigenvalue weighted by atomic mass is 79.9. The summed E-state index contributed by atoms with van der Waals surface area (Å²) in [5.74, 6) is 0. The van der Waals surface area contributed by atoms with Crippen molar-refractivity contribution in [2.45, 2.75) is 17.9 Å². The third kappa shape index (κ3) is 2.55. The number of sulfonamides is 1. The molecule has 2 aromatic carbocycles. The highest BCUT2D eigenvalue weighted by molar-refractivity contribution is 9.10. The zero-order valence-corrected chi connectivity index (χ0v) is 16.8. The number of aromatic nitrogens is 2. The van der Waals surface area contributed by atoms with Crippen LogP contribution in [0.2, 0.25) is 0 Å². The number of imidazole rings is 1. The average Bonchev–Trinajstić information content (AvgIpc) is 2.84. The van der Waals surface area contributed by atoms with E-state index in [1.807, 2.05) is 24.3 Å². The molecule has 0 amide bonds. The van der Waals surface area contributed by atoms with Gasteiger partial charge in [-0.3, -0.25) is 9.13 Å². The lowest BCUT2D eigenvalue weighted by atomic mass is 10.0. The summed E-state index contributed by atoms with van der Waals surface area (Å²) in [7, 11) is -0.367. The summed E-state index contributed by atoms with van der Waals surface area (Å²) in [5.41, 5.74) is 3.32. The minimum Gasteiger partial charge on any atom is -0.295 e. The summed E-state index contributed by atoms with van der Waals surface area (Å²) < 4.78 is 31.5. The SMILES string of the molecule is Cn1c(=O)n(C)c2cc(S(=O)(=O)N3CCc4ccccc4C3)c(Br)cc21. The molecule has 1 aliphatic heterocycles. The number of hydrogen-bond donors (Lipinski definition) is 0. The van der Waals surface area contributed by atoms with Crippen molar-refractivity contribution in [2.75, 3.05) is 6.54 Å². The Balaban J connectivity index is 1.83. The van der Waals surface area contributed by atoms with Gasteiger partial charge in [0.15, 0.2) is 0 Å². The van der Waals surface area contributed by atoms with Crippen molar-refractivity contribution in [2.24, 2.45) is 14.1 Å². The molecule has 3 aromatic rings. The summed E-state index contributed by atoms with van der Waals surface area (Å²) in [6, 6.07) is 11.2. The van der Waals surface area contributed by atoms with Crippen molar-refractivity contribution in [1.29, 1.82) is 0 Å². The first-order valence-electron chi connectivity index (χ1n) is 8.22. The van der Waals surface area contributed by atoms with Crippen LogP contribution in [0.25, 0.3) is 11.0 Å². The van der Waals surface area contributed by atoms with Gasteiger partial charge in [-0.15, -0.1) is 0 Å². The molecular weight excluding hydrogens is 418 g/mol. The first-order valence-corrected chi connectivity index (χ1v) is 10.5. The molecule has 1 aliphatic rings. The number of benzene rings is 2. The number of aryl methyl sites for hydroxylation is 2. The predicted molar refractivity (Wildman–Crippen MR) is 104 cm³/mol. The summed E-state index contributed by atoms with van der Waals surface area (Å²) in [5, 5.41) is 0. The quantitative estimate of drug-likeness (QED) is 0.620. The normalized spacial score (nSPS) is 15.3. The molecule has 0 aliphatic carbocycles. The second kappa shape index (κ2) is 6.07. The van der Waals surface area contributed by atoms with E-state index in [4.69, 9.17) is 0 Å². The molecule has 6 nitrogen and oxygen atoms in total. The van der Waals surface area contributed by atoms with E-state index < -0.39 is 10.0 Å².